The van der Waals surface area contributed by atoms with Crippen LogP contribution < -0.4 is 10.1 Å². The number of aromatic amines is 1. The van der Waals surface area contributed by atoms with E-state index in [1.54, 1.807) is 19.3 Å². The number of halogens is 1. The van der Waals surface area contributed by atoms with E-state index in [1.165, 1.54) is 13.2 Å². The molecule has 0 aliphatic carbocycles. The first-order valence-electron chi connectivity index (χ1n) is 5.80. The average molecular weight is 280 g/mol. The molecule has 2 rings (SSSR count). The van der Waals surface area contributed by atoms with Crippen LogP contribution in [0.15, 0.2) is 24.5 Å². The molecule has 0 bridgehead atoms. The van der Waals surface area contributed by atoms with E-state index in [4.69, 9.17) is 4.74 Å². The second kappa shape index (κ2) is 5.55. The molecule has 7 nitrogen and oxygen atoms in total. The standard InChI is InChI=1S/C12H13FN4O3/c1-7(12-14-3-4-15-12)16-9-6-11(20-2)10(17(18)19)5-8(9)13/h3-7,16H,1-2H3,(H,14,15). The van der Waals surface area contributed by atoms with Crippen molar-refractivity contribution in [3.63, 3.8) is 0 Å². The Morgan fingerprint density at radius 1 is 1.55 bits per heavy atom. The van der Waals surface area contributed by atoms with Crippen molar-refractivity contribution in [3.05, 3.63) is 46.3 Å². The smallest absolute Gasteiger partial charge is 0.313 e. The highest BCUT2D eigenvalue weighted by Gasteiger charge is 2.20. The molecule has 1 aromatic carbocycles. The monoisotopic (exact) mass is 280 g/mol. The number of nitrogens with one attached hydrogen (secondary N) is 2. The van der Waals surface area contributed by atoms with E-state index in [9.17, 15) is 14.5 Å². The van der Waals surface area contributed by atoms with Crippen molar-refractivity contribution in [1.29, 1.82) is 0 Å². The molecular formula is C12H13FN4O3. The lowest BCUT2D eigenvalue weighted by molar-refractivity contribution is -0.385. The molecule has 0 fully saturated rings. The highest BCUT2D eigenvalue weighted by Crippen LogP contribution is 2.33. The summed E-state index contributed by atoms with van der Waals surface area (Å²) < 4.78 is 18.8. The highest BCUT2D eigenvalue weighted by molar-refractivity contribution is 5.59. The van der Waals surface area contributed by atoms with E-state index in [2.05, 4.69) is 15.3 Å². The minimum atomic E-state index is -0.726. The molecule has 0 saturated carbocycles. The Hall–Kier alpha value is -2.64. The van der Waals surface area contributed by atoms with E-state index in [0.29, 0.717) is 5.82 Å². The molecule has 2 N–H and O–H groups in total. The van der Waals surface area contributed by atoms with Crippen LogP contribution in [0.5, 0.6) is 5.75 Å². The van der Waals surface area contributed by atoms with Crippen LogP contribution in [0.25, 0.3) is 0 Å². The van der Waals surface area contributed by atoms with Crippen LogP contribution >= 0.6 is 0 Å². The van der Waals surface area contributed by atoms with Gasteiger partial charge in [-0.3, -0.25) is 10.1 Å². The first-order chi connectivity index (χ1) is 9.52. The van der Waals surface area contributed by atoms with Gasteiger partial charge >= 0.3 is 5.69 Å². The SMILES string of the molecule is COc1cc(NC(C)c2ncc[nH]2)c(F)cc1[N+](=O)[O-]. The predicted molar refractivity (Wildman–Crippen MR) is 70.2 cm³/mol. The molecule has 1 aromatic heterocycles. The number of hydrogen-bond donors (Lipinski definition) is 2. The Bertz CT molecular complexity index is 615. The van der Waals surface area contributed by atoms with Crippen molar-refractivity contribution in [1.82, 2.24) is 9.97 Å². The van der Waals surface area contributed by atoms with Crippen molar-refractivity contribution >= 4 is 11.4 Å². The number of imidazole rings is 1. The number of nitrogens with zero attached hydrogens (tertiary/aromatic N) is 2. The third kappa shape index (κ3) is 2.68. The molecule has 0 radical (unpaired) electrons. The molecule has 0 aliphatic heterocycles. The molecule has 1 unspecified atom stereocenters. The summed E-state index contributed by atoms with van der Waals surface area (Å²) >= 11 is 0. The van der Waals surface area contributed by atoms with Crippen molar-refractivity contribution in [2.24, 2.45) is 0 Å². The largest absolute Gasteiger partial charge is 0.490 e. The predicted octanol–water partition coefficient (Wildman–Crippen LogP) is 2.64. The molecule has 2 aromatic rings. The normalized spacial score (nSPS) is 11.9. The fraction of sp³-hybridized carbons (Fsp3) is 0.250. The van der Waals surface area contributed by atoms with E-state index < -0.39 is 16.4 Å². The third-order valence-electron chi connectivity index (χ3n) is 2.77. The van der Waals surface area contributed by atoms with E-state index >= 15 is 0 Å². The molecule has 1 heterocycles. The van der Waals surface area contributed by atoms with Gasteiger partial charge in [0.05, 0.1) is 29.8 Å². The molecule has 8 heteroatoms. The molecule has 20 heavy (non-hydrogen) atoms. The molecule has 106 valence electrons. The number of ether oxygens (including phenoxy) is 1. The van der Waals surface area contributed by atoms with Crippen molar-refractivity contribution < 1.29 is 14.1 Å². The van der Waals surface area contributed by atoms with Crippen LogP contribution in [-0.2, 0) is 0 Å². The van der Waals surface area contributed by atoms with Gasteiger partial charge < -0.3 is 15.0 Å². The van der Waals surface area contributed by atoms with E-state index in [-0.39, 0.29) is 17.5 Å². The van der Waals surface area contributed by atoms with Gasteiger partial charge in [0.15, 0.2) is 11.6 Å². The number of nitro benzene ring substituents is 1. The number of methoxy groups -OCH3 is 1. The van der Waals surface area contributed by atoms with Gasteiger partial charge in [-0.2, -0.15) is 0 Å². The Morgan fingerprint density at radius 3 is 2.85 bits per heavy atom. The zero-order chi connectivity index (χ0) is 14.7. The van der Waals surface area contributed by atoms with Crippen molar-refractivity contribution in [2.45, 2.75) is 13.0 Å². The highest BCUT2D eigenvalue weighted by atomic mass is 19.1. The summed E-state index contributed by atoms with van der Waals surface area (Å²) in [6, 6.07) is 1.80. The van der Waals surface area contributed by atoms with Gasteiger partial charge in [-0.05, 0) is 6.92 Å². The number of anilines is 1. The number of aromatic nitrogens is 2. The summed E-state index contributed by atoms with van der Waals surface area (Å²) in [6.45, 7) is 1.78. The van der Waals surface area contributed by atoms with Gasteiger partial charge in [-0.25, -0.2) is 9.37 Å². The number of rotatable bonds is 5. The zero-order valence-corrected chi connectivity index (χ0v) is 10.9. The van der Waals surface area contributed by atoms with Crippen molar-refractivity contribution in [2.75, 3.05) is 12.4 Å². The summed E-state index contributed by atoms with van der Waals surface area (Å²) in [6.07, 6.45) is 3.24. The minimum Gasteiger partial charge on any atom is -0.490 e. The molecular weight excluding hydrogens is 267 g/mol. The second-order valence-electron chi connectivity index (χ2n) is 4.10. The van der Waals surface area contributed by atoms with Crippen LogP contribution in [-0.4, -0.2) is 22.0 Å². The Balaban J connectivity index is 2.30. The summed E-state index contributed by atoms with van der Waals surface area (Å²) in [5.41, 5.74) is -0.308. The lowest BCUT2D eigenvalue weighted by Gasteiger charge is -2.14. The molecule has 0 amide bonds. The maximum atomic E-state index is 13.9. The van der Waals surface area contributed by atoms with Gasteiger partial charge in [-0.15, -0.1) is 0 Å². The van der Waals surface area contributed by atoms with Gasteiger partial charge in [0, 0.05) is 18.5 Å². The summed E-state index contributed by atoms with van der Waals surface area (Å²) in [5, 5.41) is 13.7. The number of H-pyrrole nitrogens is 1. The maximum absolute atomic E-state index is 13.9. The summed E-state index contributed by atoms with van der Waals surface area (Å²) in [7, 11) is 1.29. The third-order valence-corrected chi connectivity index (χ3v) is 2.77. The van der Waals surface area contributed by atoms with E-state index in [0.717, 1.165) is 6.07 Å². The quantitative estimate of drug-likeness (QED) is 0.648. The number of nitro groups is 1. The number of benzene rings is 1. The Morgan fingerprint density at radius 2 is 2.30 bits per heavy atom. The molecule has 1 atom stereocenters. The molecule has 0 saturated heterocycles. The summed E-state index contributed by atoms with van der Waals surface area (Å²) in [5.74, 6) is -0.108. The first kappa shape index (κ1) is 13.8. The lowest BCUT2D eigenvalue weighted by atomic mass is 10.2. The fourth-order valence-corrected chi connectivity index (χ4v) is 1.78. The summed E-state index contributed by atoms with van der Waals surface area (Å²) in [4.78, 5) is 17.0. The van der Waals surface area contributed by atoms with Crippen molar-refractivity contribution in [3.8, 4) is 5.75 Å². The minimum absolute atomic E-state index is 0.00875. The fourth-order valence-electron chi connectivity index (χ4n) is 1.78. The molecule has 0 spiro atoms. The maximum Gasteiger partial charge on any atom is 0.313 e. The van der Waals surface area contributed by atoms with Crippen LogP contribution in [0.4, 0.5) is 15.8 Å². The van der Waals surface area contributed by atoms with Gasteiger partial charge in [0.25, 0.3) is 0 Å². The first-order valence-corrected chi connectivity index (χ1v) is 5.80. The Labute approximate surface area is 113 Å². The molecule has 0 aliphatic rings. The number of hydrogen-bond acceptors (Lipinski definition) is 5. The average Bonchev–Trinajstić information content (AvgIpc) is 2.94. The zero-order valence-electron chi connectivity index (χ0n) is 10.9. The van der Waals surface area contributed by atoms with Gasteiger partial charge in [-0.1, -0.05) is 0 Å². The second-order valence-corrected chi connectivity index (χ2v) is 4.10. The van der Waals surface area contributed by atoms with Gasteiger partial charge in [0.1, 0.15) is 5.82 Å². The Kier molecular flexibility index (Phi) is 3.83. The van der Waals surface area contributed by atoms with E-state index in [1.807, 2.05) is 0 Å². The van der Waals surface area contributed by atoms with Crippen LogP contribution in [0.2, 0.25) is 0 Å². The van der Waals surface area contributed by atoms with Crippen LogP contribution in [0, 0.1) is 15.9 Å². The lowest BCUT2D eigenvalue weighted by Crippen LogP contribution is -2.10. The topological polar surface area (TPSA) is 93.1 Å². The van der Waals surface area contributed by atoms with Crippen LogP contribution in [0.3, 0.4) is 0 Å². The van der Waals surface area contributed by atoms with Crippen LogP contribution in [0.1, 0.15) is 18.8 Å². The van der Waals surface area contributed by atoms with Gasteiger partial charge in [0.2, 0.25) is 0 Å².